The lowest BCUT2D eigenvalue weighted by Crippen LogP contribution is -1.82. The fourth-order valence-corrected chi connectivity index (χ4v) is 11.9. The molecule has 4 aromatic carbocycles. The Bertz CT molecular complexity index is 2990. The lowest BCUT2D eigenvalue weighted by molar-refractivity contribution is 0.549. The van der Waals surface area contributed by atoms with Crippen molar-refractivity contribution in [1.82, 2.24) is 0 Å². The van der Waals surface area contributed by atoms with Crippen molar-refractivity contribution in [2.24, 2.45) is 0 Å². The molecule has 328 valence electrons. The van der Waals surface area contributed by atoms with E-state index in [0.29, 0.717) is 0 Å². The largest absolute Gasteiger partial charge is 0.460 e. The Morgan fingerprint density at radius 1 is 0.438 bits per heavy atom. The average molecular weight is 901 g/mol. The summed E-state index contributed by atoms with van der Waals surface area (Å²) >= 11 is 5.51. The molecule has 0 atom stereocenters. The zero-order valence-electron chi connectivity index (χ0n) is 37.9. The number of unbranched alkanes of at least 4 members (excludes halogenated alkanes) is 10. The van der Waals surface area contributed by atoms with Crippen LogP contribution < -0.4 is 0 Å². The minimum atomic E-state index is 0.932. The Hall–Kier alpha value is -5.14. The second-order valence-electron chi connectivity index (χ2n) is 17.4. The van der Waals surface area contributed by atoms with Gasteiger partial charge < -0.3 is 13.3 Å². The number of benzene rings is 4. The van der Waals surface area contributed by atoms with Crippen LogP contribution >= 0.6 is 34.0 Å². The van der Waals surface area contributed by atoms with Gasteiger partial charge in [-0.25, -0.2) is 0 Å². The van der Waals surface area contributed by atoms with Crippen LogP contribution in [0.4, 0.5) is 0 Å². The monoisotopic (exact) mass is 900 g/mol. The number of furan rings is 3. The van der Waals surface area contributed by atoms with Gasteiger partial charge in [0.15, 0.2) is 0 Å². The van der Waals surface area contributed by atoms with E-state index < -0.39 is 0 Å². The predicted octanol–water partition coefficient (Wildman–Crippen LogP) is 20.2. The molecule has 0 aliphatic carbocycles. The number of aryl methyl sites for hydroxylation is 4. The standard InChI is InChI=1S/C46H48O2S2.C12H12OS/c1-3-5-7-9-11-13-15-33-19-27-43(49-33)41-29-31-17-21-37-35-24-26-40-38(36(35)23-25-39(37)45(31)47-41)22-18-32-30-42(48-46(32)40)44-28-20-34(50-44)16-14-12-10-8-6-4-2;1-4-10-7-11(13-9(10)3)12-6-5-8(2)14-12/h17-30H,3-16H2,1-2H3;4-7H,1H2,2-3H3. The highest BCUT2D eigenvalue weighted by molar-refractivity contribution is 7.16. The molecule has 0 bridgehead atoms. The third kappa shape index (κ3) is 9.61. The first-order chi connectivity index (χ1) is 31.4. The van der Waals surface area contributed by atoms with Crippen molar-refractivity contribution in [2.45, 2.75) is 118 Å². The molecule has 64 heavy (non-hydrogen) atoms. The normalized spacial score (nSPS) is 11.8. The number of thiophene rings is 3. The molecular weight excluding hydrogens is 841 g/mol. The molecule has 6 heteroatoms. The first-order valence-corrected chi connectivity index (χ1v) is 26.1. The predicted molar refractivity (Wildman–Crippen MR) is 281 cm³/mol. The molecule has 0 aliphatic heterocycles. The third-order valence-electron chi connectivity index (χ3n) is 12.7. The van der Waals surface area contributed by atoms with Gasteiger partial charge in [0.1, 0.15) is 34.2 Å². The Morgan fingerprint density at radius 3 is 1.33 bits per heavy atom. The van der Waals surface area contributed by atoms with Crippen molar-refractivity contribution in [3.63, 3.8) is 0 Å². The summed E-state index contributed by atoms with van der Waals surface area (Å²) < 4.78 is 18.9. The first kappa shape index (κ1) is 44.1. The topological polar surface area (TPSA) is 39.4 Å². The highest BCUT2D eigenvalue weighted by Gasteiger charge is 2.17. The van der Waals surface area contributed by atoms with E-state index in [0.717, 1.165) is 50.5 Å². The summed E-state index contributed by atoms with van der Waals surface area (Å²) in [5.41, 5.74) is 3.03. The molecule has 0 amide bonds. The van der Waals surface area contributed by atoms with Crippen LogP contribution in [0.1, 0.15) is 117 Å². The lowest BCUT2D eigenvalue weighted by atomic mass is 9.95. The molecule has 0 radical (unpaired) electrons. The van der Waals surface area contributed by atoms with Crippen molar-refractivity contribution in [2.75, 3.05) is 0 Å². The van der Waals surface area contributed by atoms with E-state index in [4.69, 9.17) is 13.3 Å². The molecule has 6 aromatic heterocycles. The molecule has 0 saturated heterocycles. The van der Waals surface area contributed by atoms with E-state index >= 15 is 0 Å². The van der Waals surface area contributed by atoms with Gasteiger partial charge in [-0.3, -0.25) is 0 Å². The van der Waals surface area contributed by atoms with Gasteiger partial charge in [0, 0.05) is 41.7 Å². The Kier molecular flexibility index (Phi) is 14.0. The van der Waals surface area contributed by atoms with Crippen molar-refractivity contribution >= 4 is 94.3 Å². The molecule has 0 fully saturated rings. The molecule has 10 aromatic rings. The molecule has 0 aliphatic rings. The molecule has 6 heterocycles. The molecule has 0 spiro atoms. The summed E-state index contributed by atoms with van der Waals surface area (Å²) in [4.78, 5) is 7.84. The van der Waals surface area contributed by atoms with E-state index in [-0.39, 0.29) is 0 Å². The molecule has 0 saturated carbocycles. The fraction of sp³-hybridized carbons (Fsp3) is 0.310. The minimum Gasteiger partial charge on any atom is -0.460 e. The SMILES string of the molecule is C=Cc1cc(-c2ccc(C)s2)oc1C.CCCCCCCCc1ccc(-c2cc3ccc4c5ccc6c(ccc7cc(-c8ccc(CCCCCCCC)s8)oc76)c5ccc4c3o2)s1. The molecule has 0 N–H and O–H groups in total. The summed E-state index contributed by atoms with van der Waals surface area (Å²) in [5, 5.41) is 9.60. The zero-order chi connectivity index (χ0) is 44.0. The van der Waals surface area contributed by atoms with Crippen LogP contribution in [0.3, 0.4) is 0 Å². The van der Waals surface area contributed by atoms with Gasteiger partial charge in [0.05, 0.1) is 14.6 Å². The maximum absolute atomic E-state index is 6.63. The summed E-state index contributed by atoms with van der Waals surface area (Å²) in [6, 6.07) is 37.8. The number of hydrogen-bond donors (Lipinski definition) is 0. The van der Waals surface area contributed by atoms with Gasteiger partial charge in [-0.15, -0.1) is 34.0 Å². The van der Waals surface area contributed by atoms with Gasteiger partial charge in [-0.1, -0.05) is 127 Å². The maximum atomic E-state index is 6.63. The van der Waals surface area contributed by atoms with E-state index in [1.807, 2.05) is 41.7 Å². The number of rotatable bonds is 18. The van der Waals surface area contributed by atoms with Gasteiger partial charge >= 0.3 is 0 Å². The Morgan fingerprint density at radius 2 is 0.859 bits per heavy atom. The summed E-state index contributed by atoms with van der Waals surface area (Å²) in [6.45, 7) is 12.4. The van der Waals surface area contributed by atoms with Gasteiger partial charge in [0.25, 0.3) is 0 Å². The van der Waals surface area contributed by atoms with Crippen LogP contribution in [0, 0.1) is 13.8 Å². The van der Waals surface area contributed by atoms with E-state index in [1.54, 1.807) is 11.3 Å². The van der Waals surface area contributed by atoms with Crippen molar-refractivity contribution < 1.29 is 13.3 Å². The lowest BCUT2D eigenvalue weighted by Gasteiger charge is -2.08. The molecule has 3 nitrogen and oxygen atoms in total. The van der Waals surface area contributed by atoms with Gasteiger partial charge in [-0.2, -0.15) is 0 Å². The second kappa shape index (κ2) is 20.4. The number of hydrogen-bond acceptors (Lipinski definition) is 6. The Labute approximate surface area is 390 Å². The van der Waals surface area contributed by atoms with Crippen molar-refractivity contribution in [1.29, 1.82) is 0 Å². The molecular formula is C58H60O3S3. The average Bonchev–Trinajstić information content (AvgIpc) is 4.18. The summed E-state index contributed by atoms with van der Waals surface area (Å²) in [5.74, 6) is 3.82. The van der Waals surface area contributed by atoms with E-state index in [9.17, 15) is 0 Å². The summed E-state index contributed by atoms with van der Waals surface area (Å²) in [6.07, 6.45) is 20.2. The minimum absolute atomic E-state index is 0.932. The highest BCUT2D eigenvalue weighted by Crippen LogP contribution is 2.42. The van der Waals surface area contributed by atoms with Crippen LogP contribution in [0.2, 0.25) is 0 Å². The van der Waals surface area contributed by atoms with Gasteiger partial charge in [-0.05, 0) is 128 Å². The van der Waals surface area contributed by atoms with Crippen molar-refractivity contribution in [3.05, 3.63) is 136 Å². The van der Waals surface area contributed by atoms with E-state index in [1.165, 1.54) is 151 Å². The van der Waals surface area contributed by atoms with Crippen LogP contribution in [0.15, 0.2) is 123 Å². The smallest absolute Gasteiger partial charge is 0.145 e. The second-order valence-corrected chi connectivity index (χ2v) is 21.0. The van der Waals surface area contributed by atoms with Crippen LogP contribution in [0.5, 0.6) is 0 Å². The van der Waals surface area contributed by atoms with Crippen molar-refractivity contribution in [3.8, 4) is 31.9 Å². The fourth-order valence-electron chi connectivity index (χ4n) is 9.11. The number of fused-ring (bicyclic) bond motifs is 9. The maximum Gasteiger partial charge on any atom is 0.145 e. The zero-order valence-corrected chi connectivity index (χ0v) is 40.4. The molecule has 0 unspecified atom stereocenters. The van der Waals surface area contributed by atoms with E-state index in [2.05, 4.69) is 124 Å². The highest BCUT2D eigenvalue weighted by atomic mass is 32.1. The Balaban J connectivity index is 0.000000315. The summed E-state index contributed by atoms with van der Waals surface area (Å²) in [7, 11) is 0. The van der Waals surface area contributed by atoms with Gasteiger partial charge in [0.2, 0.25) is 0 Å². The molecule has 10 rings (SSSR count). The van der Waals surface area contributed by atoms with Crippen LogP contribution in [-0.4, -0.2) is 0 Å². The van der Waals surface area contributed by atoms with Crippen LogP contribution in [-0.2, 0) is 12.8 Å². The third-order valence-corrected chi connectivity index (χ3v) is 16.0. The quantitative estimate of drug-likeness (QED) is 0.0636. The first-order valence-electron chi connectivity index (χ1n) is 23.6. The van der Waals surface area contributed by atoms with Crippen LogP contribution in [0.25, 0.3) is 92.2 Å².